The van der Waals surface area contributed by atoms with Crippen molar-refractivity contribution in [1.82, 2.24) is 14.2 Å². The average molecular weight is 339 g/mol. The van der Waals surface area contributed by atoms with Gasteiger partial charge < -0.3 is 4.90 Å². The van der Waals surface area contributed by atoms with Crippen molar-refractivity contribution in [2.45, 2.75) is 59.3 Å². The Morgan fingerprint density at radius 2 is 1.00 bits per heavy atom. The maximum Gasteiger partial charge on any atom is 0.381 e. The molecule has 0 aromatic heterocycles. The summed E-state index contributed by atoms with van der Waals surface area (Å²) < 4.78 is 25.7. The number of nitrogens with zero attached hydrogens (tertiary/aromatic N) is 3. The molecule has 0 saturated carbocycles. The average Bonchev–Trinajstić information content (AvgIpc) is 2.46. The molecule has 22 heavy (non-hydrogen) atoms. The van der Waals surface area contributed by atoms with Crippen molar-refractivity contribution >= 4 is 7.75 Å². The molecule has 0 bridgehead atoms. The van der Waals surface area contributed by atoms with Gasteiger partial charge >= 0.3 is 7.75 Å². The van der Waals surface area contributed by atoms with Crippen molar-refractivity contribution in [1.29, 1.82) is 0 Å². The monoisotopic (exact) mass is 339 g/mol. The number of unbranched alkanes of at least 4 members (excludes halogenated alkanes) is 3. The highest BCUT2D eigenvalue weighted by Gasteiger charge is 2.26. The van der Waals surface area contributed by atoms with Crippen molar-refractivity contribution in [3.8, 4) is 0 Å². The summed E-state index contributed by atoms with van der Waals surface area (Å²) in [6.07, 6.45) is 8.09. The van der Waals surface area contributed by atoms with Crippen molar-refractivity contribution in [3.63, 3.8) is 0 Å². The van der Waals surface area contributed by atoms with Crippen LogP contribution in [-0.2, 0) is 4.57 Å². The Morgan fingerprint density at radius 3 is 1.14 bits per heavy atom. The third-order valence-corrected chi connectivity index (χ3v) is 5.44. The number of halogens is 1. The lowest BCUT2D eigenvalue weighted by atomic mass is 10.2. The van der Waals surface area contributed by atoms with Gasteiger partial charge in [-0.1, -0.05) is 40.0 Å². The van der Waals surface area contributed by atoms with Gasteiger partial charge in [-0.25, -0.2) is 9.34 Å². The molecule has 0 aromatic rings. The molecule has 0 spiro atoms. The van der Waals surface area contributed by atoms with Gasteiger partial charge in [0.25, 0.3) is 0 Å². The fraction of sp³-hybridized carbons (Fsp3) is 1.00. The topological polar surface area (TPSA) is 26.8 Å². The third-order valence-electron chi connectivity index (χ3n) is 3.47. The quantitative estimate of drug-likeness (QED) is 0.502. The van der Waals surface area contributed by atoms with Gasteiger partial charge in [0.05, 0.1) is 0 Å². The first-order valence-electron chi connectivity index (χ1n) is 8.61. The van der Waals surface area contributed by atoms with Gasteiger partial charge in [0.2, 0.25) is 0 Å². The maximum absolute atomic E-state index is 12.7. The first kappa shape index (κ1) is 24.3. The summed E-state index contributed by atoms with van der Waals surface area (Å²) >= 11 is 0. The summed E-state index contributed by atoms with van der Waals surface area (Å²) in [5, 5.41) is 0. The van der Waals surface area contributed by atoms with Crippen LogP contribution in [0.3, 0.4) is 0 Å². The molecule has 0 saturated heterocycles. The molecule has 0 radical (unpaired) electrons. The molecule has 0 aliphatic carbocycles. The van der Waals surface area contributed by atoms with Crippen LogP contribution in [0.4, 0.5) is 4.20 Å². The zero-order valence-corrected chi connectivity index (χ0v) is 16.8. The molecular formula is C16H39FN3OP. The Balaban J connectivity index is 0. The van der Waals surface area contributed by atoms with Gasteiger partial charge in [-0.2, -0.15) is 4.20 Å². The van der Waals surface area contributed by atoms with Crippen molar-refractivity contribution < 1.29 is 8.76 Å². The van der Waals surface area contributed by atoms with Gasteiger partial charge in [0.1, 0.15) is 0 Å². The van der Waals surface area contributed by atoms with E-state index in [4.69, 9.17) is 0 Å². The lowest BCUT2D eigenvalue weighted by molar-refractivity contribution is 0.261. The Morgan fingerprint density at radius 1 is 0.727 bits per heavy atom. The van der Waals surface area contributed by atoms with Gasteiger partial charge in [-0.3, -0.25) is 4.57 Å². The van der Waals surface area contributed by atoms with Crippen LogP contribution in [0.2, 0.25) is 0 Å². The van der Waals surface area contributed by atoms with E-state index in [1.165, 1.54) is 86.3 Å². The van der Waals surface area contributed by atoms with E-state index in [1.807, 2.05) is 0 Å². The van der Waals surface area contributed by atoms with Crippen LogP contribution in [-0.4, -0.2) is 62.1 Å². The molecule has 136 valence electrons. The lowest BCUT2D eigenvalue weighted by Crippen LogP contribution is -2.27. The highest BCUT2D eigenvalue weighted by molar-refractivity contribution is 7.53. The lowest BCUT2D eigenvalue weighted by Gasteiger charge is -2.21. The summed E-state index contributed by atoms with van der Waals surface area (Å²) in [5.41, 5.74) is 0. The first-order valence-corrected chi connectivity index (χ1v) is 10.1. The predicted molar refractivity (Wildman–Crippen MR) is 97.3 cm³/mol. The molecule has 0 aliphatic rings. The number of rotatable bonds is 11. The minimum atomic E-state index is -3.67. The molecule has 0 heterocycles. The second kappa shape index (κ2) is 14.6. The maximum atomic E-state index is 12.7. The van der Waals surface area contributed by atoms with E-state index in [9.17, 15) is 8.76 Å². The first-order chi connectivity index (χ1) is 10.2. The van der Waals surface area contributed by atoms with Crippen LogP contribution >= 0.6 is 7.75 Å². The van der Waals surface area contributed by atoms with E-state index in [0.717, 1.165) is 9.34 Å². The fourth-order valence-corrected chi connectivity index (χ4v) is 2.55. The van der Waals surface area contributed by atoms with E-state index >= 15 is 0 Å². The van der Waals surface area contributed by atoms with Crippen LogP contribution in [0.1, 0.15) is 59.3 Å². The Labute approximate surface area is 138 Å². The molecule has 0 aliphatic heterocycles. The molecule has 0 atom stereocenters. The van der Waals surface area contributed by atoms with Gasteiger partial charge in [-0.15, -0.1) is 0 Å². The second-order valence-corrected chi connectivity index (χ2v) is 8.62. The van der Waals surface area contributed by atoms with Crippen LogP contribution in [0.15, 0.2) is 0 Å². The van der Waals surface area contributed by atoms with E-state index in [-0.39, 0.29) is 0 Å². The van der Waals surface area contributed by atoms with Crippen LogP contribution in [0, 0.1) is 0 Å². The summed E-state index contributed by atoms with van der Waals surface area (Å²) in [4.78, 5) is 2.64. The zero-order chi connectivity index (χ0) is 17.6. The normalized spacial score (nSPS) is 12.0. The van der Waals surface area contributed by atoms with Crippen LogP contribution in [0.5, 0.6) is 0 Å². The summed E-state index contributed by atoms with van der Waals surface area (Å²) in [6, 6.07) is 0. The number of hydrogen-bond acceptors (Lipinski definition) is 2. The Kier molecular flexibility index (Phi) is 16.1. The van der Waals surface area contributed by atoms with Gasteiger partial charge in [0, 0.05) is 0 Å². The highest BCUT2D eigenvalue weighted by atomic mass is 31.2. The van der Waals surface area contributed by atoms with Crippen molar-refractivity contribution in [2.75, 3.05) is 47.8 Å². The van der Waals surface area contributed by atoms with Crippen LogP contribution < -0.4 is 0 Å². The van der Waals surface area contributed by atoms with Gasteiger partial charge in [-0.05, 0) is 67.1 Å². The van der Waals surface area contributed by atoms with Crippen LogP contribution in [0.25, 0.3) is 0 Å². The van der Waals surface area contributed by atoms with E-state index in [1.54, 1.807) is 0 Å². The standard InChI is InChI=1S/C12H27N.C4H12FN2OP/c1-4-7-10-13(11-8-5-2)12-9-6-3;1-6(2)9(5,8)7(3)4/h4-12H2,1-3H3;1-4H3. The minimum absolute atomic E-state index is 1.08. The largest absolute Gasteiger partial charge is 0.381 e. The summed E-state index contributed by atoms with van der Waals surface area (Å²) in [5.74, 6) is 0. The third kappa shape index (κ3) is 12.6. The summed E-state index contributed by atoms with van der Waals surface area (Å²) in [6.45, 7) is 10.8. The fourth-order valence-electron chi connectivity index (χ4n) is 1.84. The van der Waals surface area contributed by atoms with E-state index in [2.05, 4.69) is 25.7 Å². The second-order valence-electron chi connectivity index (χ2n) is 6.07. The van der Waals surface area contributed by atoms with E-state index in [0.29, 0.717) is 0 Å². The van der Waals surface area contributed by atoms with E-state index < -0.39 is 7.75 Å². The minimum Gasteiger partial charge on any atom is -0.303 e. The van der Waals surface area contributed by atoms with Gasteiger partial charge in [0.15, 0.2) is 0 Å². The molecule has 0 aromatic carbocycles. The Bertz CT molecular complexity index is 258. The SMILES string of the molecule is CCCCN(CCCC)CCCC.CN(C)P(=O)(F)N(C)C. The molecular weight excluding hydrogens is 300 g/mol. The molecule has 4 nitrogen and oxygen atoms in total. The molecule has 6 heteroatoms. The van der Waals surface area contributed by atoms with Crippen molar-refractivity contribution in [2.24, 2.45) is 0 Å². The molecule has 0 rings (SSSR count). The predicted octanol–water partition coefficient (Wildman–Crippen LogP) is 4.88. The number of hydrogen-bond donors (Lipinski definition) is 0. The summed E-state index contributed by atoms with van der Waals surface area (Å²) in [7, 11) is 2.11. The highest BCUT2D eigenvalue weighted by Crippen LogP contribution is 2.50. The molecule has 0 unspecified atom stereocenters. The smallest absolute Gasteiger partial charge is 0.303 e. The zero-order valence-electron chi connectivity index (χ0n) is 15.9. The molecule has 0 N–H and O–H groups in total. The molecule has 0 amide bonds. The Hall–Kier alpha value is 0.0400. The van der Waals surface area contributed by atoms with Crippen molar-refractivity contribution in [3.05, 3.63) is 0 Å². The molecule has 0 fully saturated rings.